The lowest BCUT2D eigenvalue weighted by atomic mass is 10.1. The number of thiol groups is 1. The molecular formula is C12H20N2S. The topological polar surface area (TPSA) is 25.8 Å². The van der Waals surface area contributed by atoms with E-state index in [1.807, 2.05) is 6.92 Å². The van der Waals surface area contributed by atoms with Crippen molar-refractivity contribution in [3.8, 4) is 0 Å². The predicted octanol–water partition coefficient (Wildman–Crippen LogP) is 3.59. The van der Waals surface area contributed by atoms with Gasteiger partial charge < -0.3 is 0 Å². The third kappa shape index (κ3) is 5.17. The minimum absolute atomic E-state index is 0.596. The second kappa shape index (κ2) is 6.83. The maximum atomic E-state index is 4.30. The molecule has 0 N–H and O–H groups in total. The van der Waals surface area contributed by atoms with Crippen molar-refractivity contribution >= 4 is 12.6 Å². The summed E-state index contributed by atoms with van der Waals surface area (Å²) < 4.78 is 0. The van der Waals surface area contributed by atoms with E-state index in [0.717, 1.165) is 17.8 Å². The lowest BCUT2D eigenvalue weighted by Gasteiger charge is -2.02. The van der Waals surface area contributed by atoms with Gasteiger partial charge >= 0.3 is 0 Å². The Morgan fingerprint density at radius 3 is 2.53 bits per heavy atom. The van der Waals surface area contributed by atoms with Gasteiger partial charge in [0.05, 0.1) is 0 Å². The van der Waals surface area contributed by atoms with Gasteiger partial charge in [-0.1, -0.05) is 32.6 Å². The lowest BCUT2D eigenvalue weighted by molar-refractivity contribution is 0.625. The van der Waals surface area contributed by atoms with Crippen LogP contribution in [0.15, 0.2) is 11.2 Å². The minimum Gasteiger partial charge on any atom is -0.228 e. The average molecular weight is 224 g/mol. The van der Waals surface area contributed by atoms with E-state index < -0.39 is 0 Å². The van der Waals surface area contributed by atoms with Gasteiger partial charge in [-0.15, -0.1) is 12.6 Å². The Bertz CT molecular complexity index is 279. The van der Waals surface area contributed by atoms with Crippen molar-refractivity contribution < 1.29 is 0 Å². The highest BCUT2D eigenvalue weighted by Crippen LogP contribution is 2.09. The summed E-state index contributed by atoms with van der Waals surface area (Å²) in [5.74, 6) is 0. The molecule has 0 bridgehead atoms. The van der Waals surface area contributed by atoms with Gasteiger partial charge in [0.2, 0.25) is 0 Å². The Labute approximate surface area is 97.9 Å². The van der Waals surface area contributed by atoms with E-state index in [-0.39, 0.29) is 0 Å². The number of hydrogen-bond donors (Lipinski definition) is 1. The van der Waals surface area contributed by atoms with E-state index in [4.69, 9.17) is 0 Å². The molecule has 15 heavy (non-hydrogen) atoms. The summed E-state index contributed by atoms with van der Waals surface area (Å²) >= 11 is 4.18. The van der Waals surface area contributed by atoms with Crippen molar-refractivity contribution in [2.24, 2.45) is 0 Å². The van der Waals surface area contributed by atoms with Gasteiger partial charge in [0.1, 0.15) is 0 Å². The largest absolute Gasteiger partial charge is 0.228 e. The molecule has 0 saturated carbocycles. The van der Waals surface area contributed by atoms with Crippen LogP contribution in [0.25, 0.3) is 0 Å². The third-order valence-corrected chi connectivity index (χ3v) is 2.63. The molecule has 0 atom stereocenters. The maximum Gasteiger partial charge on any atom is 0.184 e. The normalized spacial score (nSPS) is 10.6. The quantitative estimate of drug-likeness (QED) is 0.454. The Kier molecular flexibility index (Phi) is 5.69. The zero-order valence-electron chi connectivity index (χ0n) is 9.66. The minimum atomic E-state index is 0.596. The van der Waals surface area contributed by atoms with Crippen molar-refractivity contribution in [2.45, 2.75) is 57.5 Å². The molecular weight excluding hydrogens is 204 g/mol. The maximum absolute atomic E-state index is 4.30. The van der Waals surface area contributed by atoms with Crippen LogP contribution in [0.4, 0.5) is 0 Å². The SMILES string of the molecule is CCCCCCCc1cc(C)nc(S)n1. The van der Waals surface area contributed by atoms with Crippen molar-refractivity contribution in [3.63, 3.8) is 0 Å². The molecule has 84 valence electrons. The highest BCUT2D eigenvalue weighted by molar-refractivity contribution is 7.80. The van der Waals surface area contributed by atoms with E-state index in [0.29, 0.717) is 5.16 Å². The van der Waals surface area contributed by atoms with Crippen LogP contribution in [0.2, 0.25) is 0 Å². The Morgan fingerprint density at radius 2 is 1.87 bits per heavy atom. The number of aryl methyl sites for hydroxylation is 2. The van der Waals surface area contributed by atoms with Crippen molar-refractivity contribution in [1.29, 1.82) is 0 Å². The first-order chi connectivity index (χ1) is 7.22. The van der Waals surface area contributed by atoms with E-state index in [1.165, 1.54) is 32.1 Å². The summed E-state index contributed by atoms with van der Waals surface area (Å²) in [6, 6.07) is 2.06. The first kappa shape index (κ1) is 12.5. The number of rotatable bonds is 6. The number of hydrogen-bond acceptors (Lipinski definition) is 3. The third-order valence-electron chi connectivity index (χ3n) is 2.43. The number of aromatic nitrogens is 2. The highest BCUT2D eigenvalue weighted by atomic mass is 32.1. The standard InChI is InChI=1S/C12H20N2S/c1-3-4-5-6-7-8-11-9-10(2)13-12(15)14-11/h9H,3-8H2,1-2H3,(H,13,14,15). The fourth-order valence-electron chi connectivity index (χ4n) is 1.65. The van der Waals surface area contributed by atoms with Crippen molar-refractivity contribution in [2.75, 3.05) is 0 Å². The van der Waals surface area contributed by atoms with Gasteiger partial charge in [-0.2, -0.15) is 0 Å². The average Bonchev–Trinajstić information content (AvgIpc) is 2.16. The van der Waals surface area contributed by atoms with Gasteiger partial charge in [0, 0.05) is 11.4 Å². The summed E-state index contributed by atoms with van der Waals surface area (Å²) in [6.45, 7) is 4.23. The van der Waals surface area contributed by atoms with Crippen LogP contribution in [-0.2, 0) is 6.42 Å². The van der Waals surface area contributed by atoms with Gasteiger partial charge in [0.15, 0.2) is 5.16 Å². The highest BCUT2D eigenvalue weighted by Gasteiger charge is 1.99. The van der Waals surface area contributed by atoms with Crippen LogP contribution in [0, 0.1) is 6.92 Å². The summed E-state index contributed by atoms with van der Waals surface area (Å²) in [5.41, 5.74) is 2.14. The Balaban J connectivity index is 2.31. The molecule has 0 aromatic carbocycles. The molecule has 0 aliphatic rings. The van der Waals surface area contributed by atoms with Crippen LogP contribution in [0.1, 0.15) is 50.4 Å². The second-order valence-electron chi connectivity index (χ2n) is 3.96. The predicted molar refractivity (Wildman–Crippen MR) is 66.5 cm³/mol. The summed E-state index contributed by atoms with van der Waals surface area (Å²) in [4.78, 5) is 8.45. The molecule has 0 radical (unpaired) electrons. The van der Waals surface area contributed by atoms with Crippen LogP contribution < -0.4 is 0 Å². The molecule has 0 unspecified atom stereocenters. The Hall–Kier alpha value is -0.570. The van der Waals surface area contributed by atoms with E-state index in [2.05, 4.69) is 35.6 Å². The molecule has 0 fully saturated rings. The van der Waals surface area contributed by atoms with Crippen molar-refractivity contribution in [3.05, 3.63) is 17.5 Å². The lowest BCUT2D eigenvalue weighted by Crippen LogP contribution is -1.95. The molecule has 1 aromatic heterocycles. The summed E-state index contributed by atoms with van der Waals surface area (Å²) in [7, 11) is 0. The summed E-state index contributed by atoms with van der Waals surface area (Å²) in [6.07, 6.45) is 7.57. The molecule has 1 aromatic rings. The fourth-order valence-corrected chi connectivity index (χ4v) is 1.94. The van der Waals surface area contributed by atoms with E-state index in [1.54, 1.807) is 0 Å². The first-order valence-corrected chi connectivity index (χ1v) is 6.20. The van der Waals surface area contributed by atoms with Crippen molar-refractivity contribution in [1.82, 2.24) is 9.97 Å². The van der Waals surface area contributed by atoms with Gasteiger partial charge in [-0.05, 0) is 25.8 Å². The molecule has 0 saturated heterocycles. The summed E-state index contributed by atoms with van der Waals surface area (Å²) in [5, 5.41) is 0.596. The fraction of sp³-hybridized carbons (Fsp3) is 0.667. The number of unbranched alkanes of at least 4 members (excludes halogenated alkanes) is 4. The monoisotopic (exact) mass is 224 g/mol. The van der Waals surface area contributed by atoms with E-state index >= 15 is 0 Å². The van der Waals surface area contributed by atoms with Crippen LogP contribution in [0.5, 0.6) is 0 Å². The molecule has 1 heterocycles. The second-order valence-corrected chi connectivity index (χ2v) is 4.36. The van der Waals surface area contributed by atoms with E-state index in [9.17, 15) is 0 Å². The number of nitrogens with zero attached hydrogens (tertiary/aromatic N) is 2. The van der Waals surface area contributed by atoms with Gasteiger partial charge in [0.25, 0.3) is 0 Å². The molecule has 0 aliphatic heterocycles. The van der Waals surface area contributed by atoms with Crippen LogP contribution in [-0.4, -0.2) is 9.97 Å². The van der Waals surface area contributed by atoms with Crippen LogP contribution >= 0.6 is 12.6 Å². The zero-order chi connectivity index (χ0) is 11.1. The molecule has 0 spiro atoms. The van der Waals surface area contributed by atoms with Crippen LogP contribution in [0.3, 0.4) is 0 Å². The molecule has 0 amide bonds. The molecule has 0 aliphatic carbocycles. The molecule has 3 heteroatoms. The molecule has 2 nitrogen and oxygen atoms in total. The smallest absolute Gasteiger partial charge is 0.184 e. The Morgan fingerprint density at radius 1 is 1.13 bits per heavy atom. The zero-order valence-corrected chi connectivity index (χ0v) is 10.6. The van der Waals surface area contributed by atoms with Gasteiger partial charge in [-0.3, -0.25) is 0 Å². The van der Waals surface area contributed by atoms with Gasteiger partial charge in [-0.25, -0.2) is 9.97 Å². The first-order valence-electron chi connectivity index (χ1n) is 5.76. The molecule has 1 rings (SSSR count).